The Hall–Kier alpha value is -0.160. The fraction of sp³-hybridized carbons (Fsp3) is 1.00. The SMILES string of the molecule is NOC(CO)CO. The molecule has 0 aliphatic heterocycles. The molecule has 44 valence electrons. The summed E-state index contributed by atoms with van der Waals surface area (Å²) in [5.74, 6) is 4.57. The largest absolute Gasteiger partial charge is 0.393 e. The van der Waals surface area contributed by atoms with E-state index in [1.165, 1.54) is 0 Å². The summed E-state index contributed by atoms with van der Waals surface area (Å²) in [5, 5.41) is 16.3. The smallest absolute Gasteiger partial charge is 0.125 e. The predicted molar refractivity (Wildman–Crippen MR) is 23.2 cm³/mol. The summed E-state index contributed by atoms with van der Waals surface area (Å²) in [7, 11) is 0. The molecule has 0 amide bonds. The van der Waals surface area contributed by atoms with Crippen LogP contribution in [0.5, 0.6) is 0 Å². The monoisotopic (exact) mass is 107 g/mol. The van der Waals surface area contributed by atoms with Crippen molar-refractivity contribution in [3.8, 4) is 0 Å². The molecule has 0 aliphatic carbocycles. The molecule has 0 fully saturated rings. The quantitative estimate of drug-likeness (QED) is 0.373. The van der Waals surface area contributed by atoms with Gasteiger partial charge in [-0.05, 0) is 0 Å². The van der Waals surface area contributed by atoms with Crippen molar-refractivity contribution in [2.75, 3.05) is 13.2 Å². The van der Waals surface area contributed by atoms with Crippen LogP contribution in [0.3, 0.4) is 0 Å². The normalized spacial score (nSPS) is 10.3. The third-order valence-electron chi connectivity index (χ3n) is 0.600. The van der Waals surface area contributed by atoms with Crippen molar-refractivity contribution >= 4 is 0 Å². The van der Waals surface area contributed by atoms with Crippen molar-refractivity contribution in [3.63, 3.8) is 0 Å². The van der Waals surface area contributed by atoms with Crippen LogP contribution in [-0.4, -0.2) is 29.5 Å². The molecule has 0 unspecified atom stereocenters. The molecule has 0 heterocycles. The predicted octanol–water partition coefficient (Wildman–Crippen LogP) is -1.77. The van der Waals surface area contributed by atoms with Crippen molar-refractivity contribution in [1.82, 2.24) is 0 Å². The van der Waals surface area contributed by atoms with E-state index in [1.807, 2.05) is 0 Å². The fourth-order valence-corrected chi connectivity index (χ4v) is 0.144. The summed E-state index contributed by atoms with van der Waals surface area (Å²) >= 11 is 0. The Bertz CT molecular complexity index is 31.7. The molecule has 0 spiro atoms. The highest BCUT2D eigenvalue weighted by molar-refractivity contribution is 4.47. The van der Waals surface area contributed by atoms with Gasteiger partial charge in [0.05, 0.1) is 13.2 Å². The van der Waals surface area contributed by atoms with Crippen LogP contribution < -0.4 is 5.90 Å². The van der Waals surface area contributed by atoms with Crippen LogP contribution in [0.15, 0.2) is 0 Å². The molecule has 7 heavy (non-hydrogen) atoms. The summed E-state index contributed by atoms with van der Waals surface area (Å²) in [6.07, 6.45) is -0.625. The van der Waals surface area contributed by atoms with Gasteiger partial charge in [0.15, 0.2) is 0 Å². The highest BCUT2D eigenvalue weighted by Crippen LogP contribution is 1.79. The molecule has 4 N–H and O–H groups in total. The van der Waals surface area contributed by atoms with Gasteiger partial charge in [0.1, 0.15) is 6.10 Å². The van der Waals surface area contributed by atoms with Gasteiger partial charge < -0.3 is 10.2 Å². The second-order valence-electron chi connectivity index (χ2n) is 1.12. The van der Waals surface area contributed by atoms with Gasteiger partial charge in [-0.1, -0.05) is 0 Å². The molecule has 0 radical (unpaired) electrons. The number of aliphatic hydroxyl groups excluding tert-OH is 2. The Morgan fingerprint density at radius 3 is 1.86 bits per heavy atom. The van der Waals surface area contributed by atoms with Crippen molar-refractivity contribution in [2.24, 2.45) is 5.90 Å². The van der Waals surface area contributed by atoms with E-state index in [0.29, 0.717) is 0 Å². The number of hydrogen-bond acceptors (Lipinski definition) is 4. The molecule has 0 rings (SSSR count). The molecule has 0 saturated carbocycles. The zero-order valence-corrected chi connectivity index (χ0v) is 3.87. The molecule has 0 bridgehead atoms. The lowest BCUT2D eigenvalue weighted by Gasteiger charge is -2.04. The van der Waals surface area contributed by atoms with E-state index in [-0.39, 0.29) is 13.2 Å². The maximum atomic E-state index is 8.16. The van der Waals surface area contributed by atoms with Gasteiger partial charge in [-0.3, -0.25) is 4.84 Å². The minimum absolute atomic E-state index is 0.243. The summed E-state index contributed by atoms with van der Waals surface area (Å²) < 4.78 is 0. The van der Waals surface area contributed by atoms with E-state index in [4.69, 9.17) is 10.2 Å². The van der Waals surface area contributed by atoms with Crippen LogP contribution in [0.25, 0.3) is 0 Å². The van der Waals surface area contributed by atoms with Crippen LogP contribution in [0.2, 0.25) is 0 Å². The van der Waals surface area contributed by atoms with E-state index in [9.17, 15) is 0 Å². The van der Waals surface area contributed by atoms with Gasteiger partial charge in [-0.2, -0.15) is 0 Å². The summed E-state index contributed by atoms with van der Waals surface area (Å²) in [5.41, 5.74) is 0. The lowest BCUT2D eigenvalue weighted by atomic mass is 10.4. The van der Waals surface area contributed by atoms with Gasteiger partial charge in [0.2, 0.25) is 0 Å². The van der Waals surface area contributed by atoms with Crippen molar-refractivity contribution in [1.29, 1.82) is 0 Å². The standard InChI is InChI=1S/C3H9NO3/c4-7-3(1-5)2-6/h3,5-6H,1-2,4H2. The van der Waals surface area contributed by atoms with Gasteiger partial charge in [0, 0.05) is 0 Å². The molecule has 0 aromatic carbocycles. The molecule has 4 nitrogen and oxygen atoms in total. The number of nitrogens with two attached hydrogens (primary N) is 1. The Labute approximate surface area is 41.5 Å². The third-order valence-corrected chi connectivity index (χ3v) is 0.600. The van der Waals surface area contributed by atoms with E-state index < -0.39 is 6.10 Å². The van der Waals surface area contributed by atoms with Crippen LogP contribution in [0.1, 0.15) is 0 Å². The second-order valence-corrected chi connectivity index (χ2v) is 1.12. The first-order valence-electron chi connectivity index (χ1n) is 1.92. The lowest BCUT2D eigenvalue weighted by molar-refractivity contribution is -0.0208. The Morgan fingerprint density at radius 1 is 1.43 bits per heavy atom. The highest BCUT2D eigenvalue weighted by Gasteiger charge is 2.00. The minimum Gasteiger partial charge on any atom is -0.393 e. The molecule has 0 aromatic heterocycles. The average Bonchev–Trinajstić information content (AvgIpc) is 1.72. The van der Waals surface area contributed by atoms with E-state index in [0.717, 1.165) is 0 Å². The first-order chi connectivity index (χ1) is 3.35. The third kappa shape index (κ3) is 2.52. The van der Waals surface area contributed by atoms with Crippen LogP contribution in [0.4, 0.5) is 0 Å². The van der Waals surface area contributed by atoms with E-state index in [2.05, 4.69) is 10.7 Å². The average molecular weight is 107 g/mol. The Balaban J connectivity index is 2.99. The fourth-order valence-electron chi connectivity index (χ4n) is 0.144. The van der Waals surface area contributed by atoms with Crippen LogP contribution >= 0.6 is 0 Å². The van der Waals surface area contributed by atoms with Crippen molar-refractivity contribution in [3.05, 3.63) is 0 Å². The highest BCUT2D eigenvalue weighted by atomic mass is 16.6. The van der Waals surface area contributed by atoms with Crippen LogP contribution in [0, 0.1) is 0 Å². The van der Waals surface area contributed by atoms with Crippen molar-refractivity contribution < 1.29 is 15.1 Å². The lowest BCUT2D eigenvalue weighted by Crippen LogP contribution is -2.24. The Morgan fingerprint density at radius 2 is 1.86 bits per heavy atom. The molecule has 0 aliphatic rings. The van der Waals surface area contributed by atoms with Gasteiger partial charge in [-0.15, -0.1) is 0 Å². The summed E-state index contributed by atoms with van der Waals surface area (Å²) in [6, 6.07) is 0. The number of hydrogen-bond donors (Lipinski definition) is 3. The first-order valence-corrected chi connectivity index (χ1v) is 1.92. The topological polar surface area (TPSA) is 75.7 Å². The van der Waals surface area contributed by atoms with Gasteiger partial charge >= 0.3 is 0 Å². The van der Waals surface area contributed by atoms with Gasteiger partial charge in [-0.25, -0.2) is 5.90 Å². The maximum Gasteiger partial charge on any atom is 0.125 e. The molecule has 0 saturated heterocycles. The zero-order valence-electron chi connectivity index (χ0n) is 3.87. The Kier molecular flexibility index (Phi) is 3.92. The second kappa shape index (κ2) is 4.01. The van der Waals surface area contributed by atoms with E-state index >= 15 is 0 Å². The summed E-state index contributed by atoms with van der Waals surface area (Å²) in [4.78, 5) is 4.05. The summed E-state index contributed by atoms with van der Waals surface area (Å²) in [6.45, 7) is -0.486. The first kappa shape index (κ1) is 6.84. The van der Waals surface area contributed by atoms with Crippen LogP contribution in [-0.2, 0) is 4.84 Å². The van der Waals surface area contributed by atoms with E-state index in [1.54, 1.807) is 0 Å². The molecular formula is C3H9NO3. The molecule has 4 heteroatoms. The number of aliphatic hydroxyl groups is 2. The van der Waals surface area contributed by atoms with Crippen molar-refractivity contribution in [2.45, 2.75) is 6.10 Å². The maximum absolute atomic E-state index is 8.16. The number of rotatable bonds is 3. The zero-order chi connectivity index (χ0) is 5.70. The molecule has 0 aromatic rings. The van der Waals surface area contributed by atoms with Gasteiger partial charge in [0.25, 0.3) is 0 Å². The minimum atomic E-state index is -0.625. The molecular weight excluding hydrogens is 98.0 g/mol. The molecule has 0 atom stereocenters.